The van der Waals surface area contributed by atoms with Crippen molar-refractivity contribution in [1.82, 2.24) is 5.32 Å². The zero-order valence-electron chi connectivity index (χ0n) is 6.97. The Kier molecular flexibility index (Phi) is 3.81. The van der Waals surface area contributed by atoms with Crippen molar-refractivity contribution in [3.63, 3.8) is 0 Å². The van der Waals surface area contributed by atoms with Crippen LogP contribution in [0.15, 0.2) is 0 Å². The highest BCUT2D eigenvalue weighted by atomic mass is 14.9. The van der Waals surface area contributed by atoms with Gasteiger partial charge in [0.25, 0.3) is 0 Å². The lowest BCUT2D eigenvalue weighted by molar-refractivity contribution is 0.342. The molecule has 1 fully saturated rings. The summed E-state index contributed by atoms with van der Waals surface area (Å²) in [4.78, 5) is 0. The maximum atomic E-state index is 4.34. The average molecular weight is 140 g/mol. The summed E-state index contributed by atoms with van der Waals surface area (Å²) in [6.07, 6.45) is 6.95. The third kappa shape index (κ3) is 2.70. The summed E-state index contributed by atoms with van der Waals surface area (Å²) < 4.78 is 0. The molecule has 0 bridgehead atoms. The van der Waals surface area contributed by atoms with Gasteiger partial charge in [-0.15, -0.1) is 0 Å². The molecule has 59 valence electrons. The molecule has 0 N–H and O–H groups in total. The van der Waals surface area contributed by atoms with Crippen LogP contribution in [0.4, 0.5) is 0 Å². The zero-order chi connectivity index (χ0) is 7.23. The van der Waals surface area contributed by atoms with Crippen molar-refractivity contribution in [1.29, 1.82) is 0 Å². The first-order valence-electron chi connectivity index (χ1n) is 4.56. The fraction of sp³-hybridized carbons (Fsp3) is 1.00. The molecule has 1 nitrogen and oxygen atoms in total. The third-order valence-electron chi connectivity index (χ3n) is 2.36. The van der Waals surface area contributed by atoms with E-state index in [0.717, 1.165) is 19.0 Å². The van der Waals surface area contributed by atoms with Gasteiger partial charge in [0.15, 0.2) is 0 Å². The molecule has 1 heteroatoms. The maximum Gasteiger partial charge on any atom is 0.0136 e. The third-order valence-corrected chi connectivity index (χ3v) is 2.36. The van der Waals surface area contributed by atoms with E-state index in [1.54, 1.807) is 0 Å². The first-order chi connectivity index (χ1) is 4.93. The van der Waals surface area contributed by atoms with Crippen LogP contribution in [0.5, 0.6) is 0 Å². The van der Waals surface area contributed by atoms with Crippen LogP contribution in [-0.4, -0.2) is 13.1 Å². The molecule has 1 rings (SSSR count). The van der Waals surface area contributed by atoms with Gasteiger partial charge in [-0.1, -0.05) is 26.2 Å². The van der Waals surface area contributed by atoms with Crippen molar-refractivity contribution >= 4 is 0 Å². The van der Waals surface area contributed by atoms with Crippen molar-refractivity contribution in [2.75, 3.05) is 13.1 Å². The van der Waals surface area contributed by atoms with Gasteiger partial charge in [-0.25, -0.2) is 5.32 Å². The largest absolute Gasteiger partial charge is 0.242 e. The van der Waals surface area contributed by atoms with Crippen LogP contribution in [0, 0.1) is 5.92 Å². The normalized spacial score (nSPS) is 21.3. The van der Waals surface area contributed by atoms with Gasteiger partial charge in [0, 0.05) is 13.1 Å². The molecule has 0 atom stereocenters. The monoisotopic (exact) mass is 140 g/mol. The predicted octanol–water partition coefficient (Wildman–Crippen LogP) is 2.19. The average Bonchev–Trinajstić information content (AvgIpc) is 2.03. The first kappa shape index (κ1) is 8.06. The Hall–Kier alpha value is -0.0400. The molecule has 1 saturated heterocycles. The molecule has 0 amide bonds. The number of nitrogens with zero attached hydrogens (tertiary/aromatic N) is 1. The molecule has 1 heterocycles. The summed E-state index contributed by atoms with van der Waals surface area (Å²) >= 11 is 0. The van der Waals surface area contributed by atoms with E-state index in [1.807, 2.05) is 0 Å². The lowest BCUT2D eigenvalue weighted by Gasteiger charge is -2.20. The Morgan fingerprint density at radius 3 is 2.60 bits per heavy atom. The maximum absolute atomic E-state index is 4.34. The summed E-state index contributed by atoms with van der Waals surface area (Å²) in [5.74, 6) is 1.01. The quantitative estimate of drug-likeness (QED) is 0.570. The Balaban J connectivity index is 2.02. The summed E-state index contributed by atoms with van der Waals surface area (Å²) in [5, 5.41) is 4.34. The molecule has 0 aromatic rings. The highest BCUT2D eigenvalue weighted by Gasteiger charge is 2.11. The van der Waals surface area contributed by atoms with E-state index in [-0.39, 0.29) is 0 Å². The van der Waals surface area contributed by atoms with Gasteiger partial charge in [0.05, 0.1) is 0 Å². The van der Waals surface area contributed by atoms with Crippen molar-refractivity contribution in [3.05, 3.63) is 0 Å². The molecule has 0 aromatic carbocycles. The zero-order valence-corrected chi connectivity index (χ0v) is 6.97. The fourth-order valence-electron chi connectivity index (χ4n) is 1.59. The van der Waals surface area contributed by atoms with Crippen LogP contribution in [0.25, 0.3) is 0 Å². The molecule has 0 saturated carbocycles. The van der Waals surface area contributed by atoms with E-state index in [2.05, 4.69) is 12.2 Å². The fourth-order valence-corrected chi connectivity index (χ4v) is 1.59. The standard InChI is InChI=1S/C9H18N/c1-2-3-4-9-5-7-10-8-6-9/h9H,2-8H2,1H3. The van der Waals surface area contributed by atoms with E-state index in [4.69, 9.17) is 0 Å². The second-order valence-electron chi connectivity index (χ2n) is 3.26. The Labute approximate surface area is 64.2 Å². The van der Waals surface area contributed by atoms with Gasteiger partial charge in [0.1, 0.15) is 0 Å². The minimum atomic E-state index is 1.01. The Morgan fingerprint density at radius 2 is 2.00 bits per heavy atom. The molecular formula is C9H18N. The van der Waals surface area contributed by atoms with Crippen molar-refractivity contribution < 1.29 is 0 Å². The number of piperidine rings is 1. The predicted molar refractivity (Wildman–Crippen MR) is 44.1 cm³/mol. The molecule has 1 aliphatic heterocycles. The molecule has 0 aromatic heterocycles. The number of hydrogen-bond donors (Lipinski definition) is 0. The van der Waals surface area contributed by atoms with E-state index in [9.17, 15) is 0 Å². The highest BCUT2D eigenvalue weighted by molar-refractivity contribution is 4.67. The van der Waals surface area contributed by atoms with E-state index >= 15 is 0 Å². The smallest absolute Gasteiger partial charge is 0.0136 e. The molecule has 0 unspecified atom stereocenters. The molecule has 1 aliphatic rings. The van der Waals surface area contributed by atoms with Crippen LogP contribution in [0.3, 0.4) is 0 Å². The van der Waals surface area contributed by atoms with Gasteiger partial charge in [-0.2, -0.15) is 0 Å². The Morgan fingerprint density at radius 1 is 1.30 bits per heavy atom. The molecule has 0 spiro atoms. The molecular weight excluding hydrogens is 122 g/mol. The summed E-state index contributed by atoms with van der Waals surface area (Å²) in [6, 6.07) is 0. The minimum absolute atomic E-state index is 1.01. The Bertz CT molecular complexity index is 74.8. The first-order valence-corrected chi connectivity index (χ1v) is 4.56. The molecule has 10 heavy (non-hydrogen) atoms. The topological polar surface area (TPSA) is 14.1 Å². The van der Waals surface area contributed by atoms with Crippen molar-refractivity contribution in [2.24, 2.45) is 5.92 Å². The lowest BCUT2D eigenvalue weighted by atomic mass is 9.93. The van der Waals surface area contributed by atoms with Gasteiger partial charge >= 0.3 is 0 Å². The van der Waals surface area contributed by atoms with Gasteiger partial charge in [-0.3, -0.25) is 0 Å². The van der Waals surface area contributed by atoms with Crippen molar-refractivity contribution in [2.45, 2.75) is 39.0 Å². The van der Waals surface area contributed by atoms with Crippen LogP contribution < -0.4 is 5.32 Å². The van der Waals surface area contributed by atoms with Crippen LogP contribution in [-0.2, 0) is 0 Å². The van der Waals surface area contributed by atoms with E-state index in [0.29, 0.717) is 0 Å². The SMILES string of the molecule is CCCCC1CC[N]CC1. The second kappa shape index (κ2) is 4.73. The number of rotatable bonds is 3. The van der Waals surface area contributed by atoms with Crippen molar-refractivity contribution in [3.8, 4) is 0 Å². The van der Waals surface area contributed by atoms with E-state index in [1.165, 1.54) is 32.1 Å². The van der Waals surface area contributed by atoms with Crippen LogP contribution in [0.2, 0.25) is 0 Å². The molecule has 1 radical (unpaired) electrons. The van der Waals surface area contributed by atoms with Gasteiger partial charge < -0.3 is 0 Å². The lowest BCUT2D eigenvalue weighted by Crippen LogP contribution is -2.22. The highest BCUT2D eigenvalue weighted by Crippen LogP contribution is 2.18. The summed E-state index contributed by atoms with van der Waals surface area (Å²) in [6.45, 7) is 4.54. The van der Waals surface area contributed by atoms with Gasteiger partial charge in [-0.05, 0) is 18.8 Å². The van der Waals surface area contributed by atoms with Crippen LogP contribution in [0.1, 0.15) is 39.0 Å². The van der Waals surface area contributed by atoms with Crippen LogP contribution >= 0.6 is 0 Å². The second-order valence-corrected chi connectivity index (χ2v) is 3.26. The van der Waals surface area contributed by atoms with Gasteiger partial charge in [0.2, 0.25) is 0 Å². The summed E-state index contributed by atoms with van der Waals surface area (Å²) in [7, 11) is 0. The minimum Gasteiger partial charge on any atom is -0.242 e. The van der Waals surface area contributed by atoms with E-state index < -0.39 is 0 Å². The molecule has 0 aliphatic carbocycles. The number of unbranched alkanes of at least 4 members (excludes halogenated alkanes) is 1. The number of hydrogen-bond acceptors (Lipinski definition) is 0. The summed E-state index contributed by atoms with van der Waals surface area (Å²) in [5.41, 5.74) is 0.